The minimum atomic E-state index is -0.945. The fourth-order valence-corrected chi connectivity index (χ4v) is 3.30. The second-order valence-electron chi connectivity index (χ2n) is 7.19. The van der Waals surface area contributed by atoms with Crippen molar-refractivity contribution in [3.63, 3.8) is 0 Å². The predicted molar refractivity (Wildman–Crippen MR) is 129 cm³/mol. The summed E-state index contributed by atoms with van der Waals surface area (Å²) in [6, 6.07) is 8.20. The Bertz CT molecular complexity index is 1070. The SMILES string of the molecule is CCN(CC)CCCNc1nnc(-c2ccc(NC(=O)c3c(F)cccc3F)cc2OC)o1.Cl. The number of nitrogens with one attached hydrogen (secondary N) is 2. The van der Waals surface area contributed by atoms with Crippen molar-refractivity contribution in [1.29, 1.82) is 0 Å². The lowest BCUT2D eigenvalue weighted by atomic mass is 10.1. The summed E-state index contributed by atoms with van der Waals surface area (Å²) < 4.78 is 38.8. The molecule has 0 atom stereocenters. The second-order valence-corrected chi connectivity index (χ2v) is 7.19. The number of rotatable bonds is 11. The Kier molecular flexibility index (Phi) is 10.2. The maximum absolute atomic E-state index is 13.9. The number of aromatic nitrogens is 2. The first-order valence-corrected chi connectivity index (χ1v) is 10.7. The molecule has 0 aliphatic carbocycles. The molecule has 2 aromatic carbocycles. The monoisotopic (exact) mass is 495 g/mol. The number of halogens is 3. The molecular formula is C23H28ClF2N5O3. The summed E-state index contributed by atoms with van der Waals surface area (Å²) in [6.45, 7) is 7.93. The summed E-state index contributed by atoms with van der Waals surface area (Å²) in [4.78, 5) is 14.7. The van der Waals surface area contributed by atoms with Crippen LogP contribution in [0.2, 0.25) is 0 Å². The van der Waals surface area contributed by atoms with Crippen molar-refractivity contribution in [1.82, 2.24) is 15.1 Å². The van der Waals surface area contributed by atoms with Crippen LogP contribution in [-0.4, -0.2) is 54.3 Å². The molecule has 11 heteroatoms. The Balaban J connectivity index is 0.00000408. The lowest BCUT2D eigenvalue weighted by Gasteiger charge is -2.17. The van der Waals surface area contributed by atoms with Crippen LogP contribution in [0.4, 0.5) is 20.5 Å². The van der Waals surface area contributed by atoms with E-state index < -0.39 is 23.1 Å². The van der Waals surface area contributed by atoms with Crippen LogP contribution in [0.15, 0.2) is 40.8 Å². The van der Waals surface area contributed by atoms with Gasteiger partial charge in [-0.1, -0.05) is 25.0 Å². The van der Waals surface area contributed by atoms with Gasteiger partial charge < -0.3 is 24.7 Å². The quantitative estimate of drug-likeness (QED) is 0.368. The van der Waals surface area contributed by atoms with Crippen molar-refractivity contribution < 1.29 is 22.7 Å². The van der Waals surface area contributed by atoms with Crippen molar-refractivity contribution in [2.45, 2.75) is 20.3 Å². The van der Waals surface area contributed by atoms with E-state index in [-0.39, 0.29) is 24.0 Å². The number of amides is 1. The molecule has 0 bridgehead atoms. The van der Waals surface area contributed by atoms with Crippen LogP contribution >= 0.6 is 12.4 Å². The van der Waals surface area contributed by atoms with Crippen LogP contribution in [-0.2, 0) is 0 Å². The third kappa shape index (κ3) is 6.64. The van der Waals surface area contributed by atoms with E-state index in [9.17, 15) is 13.6 Å². The second kappa shape index (κ2) is 12.9. The molecule has 2 N–H and O–H groups in total. The van der Waals surface area contributed by atoms with Gasteiger partial charge in [-0.2, -0.15) is 0 Å². The van der Waals surface area contributed by atoms with E-state index in [1.807, 2.05) is 0 Å². The summed E-state index contributed by atoms with van der Waals surface area (Å²) in [5.74, 6) is -2.22. The number of ether oxygens (including phenoxy) is 1. The van der Waals surface area contributed by atoms with Crippen LogP contribution in [0, 0.1) is 11.6 Å². The van der Waals surface area contributed by atoms with E-state index in [2.05, 4.69) is 39.6 Å². The van der Waals surface area contributed by atoms with Gasteiger partial charge in [-0.25, -0.2) is 8.78 Å². The average Bonchev–Trinajstić information content (AvgIpc) is 3.27. The van der Waals surface area contributed by atoms with Crippen molar-refractivity contribution in [3.8, 4) is 17.2 Å². The summed E-state index contributed by atoms with van der Waals surface area (Å²) in [5, 5.41) is 13.6. The van der Waals surface area contributed by atoms with Gasteiger partial charge in [0, 0.05) is 18.3 Å². The van der Waals surface area contributed by atoms with Crippen LogP contribution in [0.25, 0.3) is 11.5 Å². The molecule has 1 heterocycles. The predicted octanol–water partition coefficient (Wildman–Crippen LogP) is 4.84. The molecular weight excluding hydrogens is 468 g/mol. The van der Waals surface area contributed by atoms with E-state index in [1.54, 1.807) is 12.1 Å². The summed E-state index contributed by atoms with van der Waals surface area (Å²) in [5.41, 5.74) is 0.142. The highest BCUT2D eigenvalue weighted by Crippen LogP contribution is 2.32. The number of carbonyl (C=O) groups excluding carboxylic acids is 1. The third-order valence-electron chi connectivity index (χ3n) is 5.13. The zero-order valence-electron chi connectivity index (χ0n) is 19.2. The maximum atomic E-state index is 13.9. The normalized spacial score (nSPS) is 10.6. The molecule has 0 spiro atoms. The van der Waals surface area contributed by atoms with Crippen LogP contribution in [0.1, 0.15) is 30.6 Å². The molecule has 1 amide bonds. The molecule has 0 unspecified atom stereocenters. The molecule has 184 valence electrons. The Morgan fingerprint density at radius 3 is 2.47 bits per heavy atom. The first kappa shape index (κ1) is 27.0. The molecule has 1 aromatic heterocycles. The molecule has 0 aliphatic rings. The lowest BCUT2D eigenvalue weighted by molar-refractivity contribution is 0.101. The number of methoxy groups -OCH3 is 1. The van der Waals surface area contributed by atoms with E-state index in [0.29, 0.717) is 23.9 Å². The summed E-state index contributed by atoms with van der Waals surface area (Å²) in [6.07, 6.45) is 0.930. The van der Waals surface area contributed by atoms with Gasteiger partial charge in [-0.05, 0) is 50.3 Å². The Labute approximate surface area is 203 Å². The average molecular weight is 496 g/mol. The highest BCUT2D eigenvalue weighted by atomic mass is 35.5. The first-order chi connectivity index (χ1) is 16.0. The molecule has 0 radical (unpaired) electrons. The highest BCUT2D eigenvalue weighted by molar-refractivity contribution is 6.04. The third-order valence-corrected chi connectivity index (χ3v) is 5.13. The van der Waals surface area contributed by atoms with Crippen LogP contribution in [0.5, 0.6) is 5.75 Å². The first-order valence-electron chi connectivity index (χ1n) is 10.7. The molecule has 3 aromatic rings. The van der Waals surface area contributed by atoms with Crippen LogP contribution < -0.4 is 15.4 Å². The van der Waals surface area contributed by atoms with E-state index in [0.717, 1.165) is 38.2 Å². The van der Waals surface area contributed by atoms with Gasteiger partial charge in [0.15, 0.2) is 0 Å². The van der Waals surface area contributed by atoms with Crippen molar-refractivity contribution in [2.75, 3.05) is 43.9 Å². The minimum Gasteiger partial charge on any atom is -0.496 e. The molecule has 0 fully saturated rings. The lowest BCUT2D eigenvalue weighted by Crippen LogP contribution is -2.25. The van der Waals surface area contributed by atoms with Gasteiger partial charge in [-0.3, -0.25) is 4.79 Å². The van der Waals surface area contributed by atoms with Gasteiger partial charge >= 0.3 is 6.01 Å². The van der Waals surface area contributed by atoms with E-state index >= 15 is 0 Å². The standard InChI is InChI=1S/C23H27F2N5O3.ClH/c1-4-30(5-2)13-7-12-26-23-29-28-22(33-23)16-11-10-15(14-19(16)32-3)27-21(31)20-17(24)8-6-9-18(20)25;/h6,8-11,14H,4-5,7,12-13H2,1-3H3,(H,26,29)(H,27,31);1H. The van der Waals surface area contributed by atoms with Gasteiger partial charge in [0.2, 0.25) is 0 Å². The Morgan fingerprint density at radius 2 is 1.82 bits per heavy atom. The van der Waals surface area contributed by atoms with Crippen molar-refractivity contribution >= 4 is 30.0 Å². The van der Waals surface area contributed by atoms with E-state index in [1.165, 1.54) is 19.2 Å². The number of carbonyl (C=O) groups is 1. The van der Waals surface area contributed by atoms with Gasteiger partial charge in [0.25, 0.3) is 11.8 Å². The smallest absolute Gasteiger partial charge is 0.315 e. The topological polar surface area (TPSA) is 92.5 Å². The van der Waals surface area contributed by atoms with Crippen LogP contribution in [0.3, 0.4) is 0 Å². The summed E-state index contributed by atoms with van der Waals surface area (Å²) in [7, 11) is 1.45. The van der Waals surface area contributed by atoms with Gasteiger partial charge in [0.05, 0.1) is 12.7 Å². The maximum Gasteiger partial charge on any atom is 0.315 e. The van der Waals surface area contributed by atoms with Gasteiger partial charge in [0.1, 0.15) is 22.9 Å². The summed E-state index contributed by atoms with van der Waals surface area (Å²) >= 11 is 0. The molecule has 0 saturated heterocycles. The molecule has 0 aliphatic heterocycles. The fraction of sp³-hybridized carbons (Fsp3) is 0.348. The Morgan fingerprint density at radius 1 is 1.12 bits per heavy atom. The van der Waals surface area contributed by atoms with E-state index in [4.69, 9.17) is 9.15 Å². The zero-order valence-corrected chi connectivity index (χ0v) is 20.0. The number of nitrogens with zero attached hydrogens (tertiary/aromatic N) is 3. The number of hydrogen-bond donors (Lipinski definition) is 2. The number of benzene rings is 2. The van der Waals surface area contributed by atoms with Crippen molar-refractivity contribution in [2.24, 2.45) is 0 Å². The molecule has 3 rings (SSSR count). The molecule has 34 heavy (non-hydrogen) atoms. The minimum absolute atomic E-state index is 0. The largest absolute Gasteiger partial charge is 0.496 e. The van der Waals surface area contributed by atoms with Crippen molar-refractivity contribution in [3.05, 3.63) is 53.6 Å². The molecule has 8 nitrogen and oxygen atoms in total. The fourth-order valence-electron chi connectivity index (χ4n) is 3.30. The molecule has 0 saturated carbocycles. The highest BCUT2D eigenvalue weighted by Gasteiger charge is 2.19. The Hall–Kier alpha value is -3.24. The number of hydrogen-bond acceptors (Lipinski definition) is 7. The van der Waals surface area contributed by atoms with Gasteiger partial charge in [-0.15, -0.1) is 17.5 Å². The zero-order chi connectivity index (χ0) is 23.8. The number of anilines is 2.